The van der Waals surface area contributed by atoms with E-state index >= 15 is 0 Å². The fourth-order valence-electron chi connectivity index (χ4n) is 2.38. The Hall–Kier alpha value is -3.72. The van der Waals surface area contributed by atoms with Gasteiger partial charge in [0.25, 0.3) is 0 Å². The van der Waals surface area contributed by atoms with Gasteiger partial charge in [-0.15, -0.1) is 6.42 Å². The maximum atomic E-state index is 11.4. The molecule has 0 aliphatic heterocycles. The van der Waals surface area contributed by atoms with Crippen molar-refractivity contribution in [3.8, 4) is 23.8 Å². The van der Waals surface area contributed by atoms with Crippen molar-refractivity contribution in [2.24, 2.45) is 0 Å². The molecule has 6 heteroatoms. The number of hydrogen-bond acceptors (Lipinski definition) is 5. The molecule has 0 saturated heterocycles. The molecule has 27 heavy (non-hydrogen) atoms. The van der Waals surface area contributed by atoms with Crippen LogP contribution >= 0.6 is 0 Å². The summed E-state index contributed by atoms with van der Waals surface area (Å²) < 4.78 is 10.7. The molecule has 2 rings (SSSR count). The van der Waals surface area contributed by atoms with Crippen LogP contribution in [0.5, 0.6) is 11.5 Å². The van der Waals surface area contributed by atoms with E-state index in [0.29, 0.717) is 29.0 Å². The second kappa shape index (κ2) is 9.68. The van der Waals surface area contributed by atoms with E-state index in [0.717, 1.165) is 5.56 Å². The molecule has 0 heterocycles. The number of methoxy groups -OCH3 is 1. The van der Waals surface area contributed by atoms with E-state index in [1.54, 1.807) is 42.5 Å². The number of hydrogen-bond donors (Lipinski definition) is 2. The Morgan fingerprint density at radius 1 is 1.26 bits per heavy atom. The third-order valence-electron chi connectivity index (χ3n) is 3.64. The molecule has 0 unspecified atom stereocenters. The lowest BCUT2D eigenvalue weighted by Gasteiger charge is -2.11. The number of benzene rings is 2. The van der Waals surface area contributed by atoms with Gasteiger partial charge in [-0.3, -0.25) is 4.79 Å². The molecule has 0 aliphatic rings. The molecule has 138 valence electrons. The number of terminal acetylenes is 1. The minimum atomic E-state index is -1.04. The number of carbonyl (C=O) groups is 2. The first-order valence-corrected chi connectivity index (χ1v) is 8.05. The number of carboxylic acid groups (broad SMARTS) is 1. The van der Waals surface area contributed by atoms with Crippen molar-refractivity contribution < 1.29 is 24.2 Å². The third-order valence-corrected chi connectivity index (χ3v) is 3.64. The quantitative estimate of drug-likeness (QED) is 0.404. The summed E-state index contributed by atoms with van der Waals surface area (Å²) in [6.07, 6.45) is 7.60. The number of para-hydroxylation sites is 1. The summed E-state index contributed by atoms with van der Waals surface area (Å²) in [6.45, 7) is 0.262. The molecule has 0 aromatic heterocycles. The smallest absolute Gasteiger partial charge is 0.337 e. The van der Waals surface area contributed by atoms with Crippen molar-refractivity contribution in [2.75, 3.05) is 25.6 Å². The zero-order valence-electron chi connectivity index (χ0n) is 14.8. The Kier molecular flexibility index (Phi) is 7.03. The SMILES string of the molecule is C#CCOc1cc(/C=C(\C=O)CNc2ccccc2C(=O)O)ccc1OC. The van der Waals surface area contributed by atoms with Crippen LogP contribution in [0, 0.1) is 12.3 Å². The molecule has 0 radical (unpaired) electrons. The predicted octanol–water partition coefficient (Wildman–Crippen LogP) is 3.10. The molecule has 2 aromatic rings. The highest BCUT2D eigenvalue weighted by molar-refractivity contribution is 5.94. The molecule has 0 bridgehead atoms. The van der Waals surface area contributed by atoms with Crippen molar-refractivity contribution in [1.82, 2.24) is 0 Å². The molecule has 0 atom stereocenters. The van der Waals surface area contributed by atoms with Crippen LogP contribution in [0.15, 0.2) is 48.0 Å². The Morgan fingerprint density at radius 2 is 2.04 bits per heavy atom. The zero-order chi connectivity index (χ0) is 19.6. The normalized spacial score (nSPS) is 10.6. The standard InChI is InChI=1S/C21H19NO5/c1-3-10-27-20-12-15(8-9-19(20)26-2)11-16(14-23)13-22-18-7-5-4-6-17(18)21(24)25/h1,4-9,11-12,14,22H,10,13H2,2H3,(H,24,25)/b16-11-. The van der Waals surface area contributed by atoms with E-state index in [9.17, 15) is 14.7 Å². The van der Waals surface area contributed by atoms with Gasteiger partial charge in [0.05, 0.1) is 12.7 Å². The van der Waals surface area contributed by atoms with E-state index in [1.807, 2.05) is 0 Å². The van der Waals surface area contributed by atoms with Crippen LogP contribution in [-0.2, 0) is 4.79 Å². The topological polar surface area (TPSA) is 84.9 Å². The van der Waals surface area contributed by atoms with Gasteiger partial charge in [0, 0.05) is 17.8 Å². The summed E-state index contributed by atoms with van der Waals surface area (Å²) in [5.74, 6) is 2.34. The average molecular weight is 365 g/mol. The minimum absolute atomic E-state index is 0.0948. The fourth-order valence-corrected chi connectivity index (χ4v) is 2.38. The van der Waals surface area contributed by atoms with E-state index < -0.39 is 5.97 Å². The average Bonchev–Trinajstić information content (AvgIpc) is 2.69. The van der Waals surface area contributed by atoms with Crippen LogP contribution in [0.1, 0.15) is 15.9 Å². The van der Waals surface area contributed by atoms with E-state index in [4.69, 9.17) is 15.9 Å². The summed E-state index contributed by atoms with van der Waals surface area (Å²) in [7, 11) is 1.52. The van der Waals surface area contributed by atoms with Gasteiger partial charge in [-0.1, -0.05) is 24.1 Å². The Bertz CT molecular complexity index is 896. The molecule has 2 N–H and O–H groups in total. The first-order chi connectivity index (χ1) is 13.1. The van der Waals surface area contributed by atoms with Crippen LogP contribution in [0.3, 0.4) is 0 Å². The second-order valence-corrected chi connectivity index (χ2v) is 5.44. The lowest BCUT2D eigenvalue weighted by atomic mass is 10.1. The van der Waals surface area contributed by atoms with Crippen molar-refractivity contribution in [3.05, 3.63) is 59.2 Å². The minimum Gasteiger partial charge on any atom is -0.493 e. The molecule has 0 saturated carbocycles. The highest BCUT2D eigenvalue weighted by atomic mass is 16.5. The van der Waals surface area contributed by atoms with Gasteiger partial charge in [-0.25, -0.2) is 4.79 Å². The van der Waals surface area contributed by atoms with E-state index in [1.165, 1.54) is 13.2 Å². The van der Waals surface area contributed by atoms with E-state index in [2.05, 4.69) is 11.2 Å². The van der Waals surface area contributed by atoms with Crippen LogP contribution in [0.2, 0.25) is 0 Å². The van der Waals surface area contributed by atoms with Crippen LogP contribution in [0.4, 0.5) is 5.69 Å². The summed E-state index contributed by atoms with van der Waals surface area (Å²) >= 11 is 0. The summed E-state index contributed by atoms with van der Waals surface area (Å²) in [5.41, 5.74) is 1.73. The summed E-state index contributed by atoms with van der Waals surface area (Å²) in [5, 5.41) is 12.2. The van der Waals surface area contributed by atoms with Crippen molar-refractivity contribution in [3.63, 3.8) is 0 Å². The molecule has 2 aromatic carbocycles. The first kappa shape index (κ1) is 19.6. The monoisotopic (exact) mass is 365 g/mol. The second-order valence-electron chi connectivity index (χ2n) is 5.44. The van der Waals surface area contributed by atoms with Gasteiger partial charge in [0.2, 0.25) is 0 Å². The molecule has 0 spiro atoms. The highest BCUT2D eigenvalue weighted by Crippen LogP contribution is 2.29. The number of ether oxygens (including phenoxy) is 2. The molecule has 6 nitrogen and oxygen atoms in total. The van der Waals surface area contributed by atoms with Gasteiger partial charge >= 0.3 is 5.97 Å². The number of carbonyl (C=O) groups excluding carboxylic acids is 1. The van der Waals surface area contributed by atoms with Crippen LogP contribution in [0.25, 0.3) is 6.08 Å². The van der Waals surface area contributed by atoms with Crippen LogP contribution in [-0.4, -0.2) is 37.6 Å². The first-order valence-electron chi connectivity index (χ1n) is 8.05. The Balaban J connectivity index is 2.20. The zero-order valence-corrected chi connectivity index (χ0v) is 14.8. The number of anilines is 1. The van der Waals surface area contributed by atoms with Crippen molar-refractivity contribution in [2.45, 2.75) is 0 Å². The summed E-state index contributed by atoms with van der Waals surface area (Å²) in [4.78, 5) is 22.7. The molecule has 0 aliphatic carbocycles. The maximum Gasteiger partial charge on any atom is 0.337 e. The Morgan fingerprint density at radius 3 is 2.70 bits per heavy atom. The molecular formula is C21H19NO5. The maximum absolute atomic E-state index is 11.4. The van der Waals surface area contributed by atoms with Crippen molar-refractivity contribution in [1.29, 1.82) is 0 Å². The Labute approximate surface area is 157 Å². The largest absolute Gasteiger partial charge is 0.493 e. The number of carboxylic acids is 1. The fraction of sp³-hybridized carbons (Fsp3) is 0.143. The van der Waals surface area contributed by atoms with Gasteiger partial charge in [-0.2, -0.15) is 0 Å². The van der Waals surface area contributed by atoms with E-state index in [-0.39, 0.29) is 18.7 Å². The number of aldehydes is 1. The molecule has 0 amide bonds. The van der Waals surface area contributed by atoms with Gasteiger partial charge < -0.3 is 19.9 Å². The van der Waals surface area contributed by atoms with Crippen molar-refractivity contribution >= 4 is 24.0 Å². The lowest BCUT2D eigenvalue weighted by Crippen LogP contribution is -2.10. The summed E-state index contributed by atoms with van der Waals surface area (Å²) in [6, 6.07) is 11.7. The van der Waals surface area contributed by atoms with Gasteiger partial charge in [0.1, 0.15) is 12.9 Å². The number of rotatable bonds is 9. The van der Waals surface area contributed by atoms with Gasteiger partial charge in [0.15, 0.2) is 11.5 Å². The molecular weight excluding hydrogens is 346 g/mol. The lowest BCUT2D eigenvalue weighted by molar-refractivity contribution is -0.104. The number of nitrogens with one attached hydrogen (secondary N) is 1. The van der Waals surface area contributed by atoms with Crippen LogP contribution < -0.4 is 14.8 Å². The van der Waals surface area contributed by atoms with Gasteiger partial charge in [-0.05, 0) is 35.9 Å². The third kappa shape index (κ3) is 5.38. The number of aromatic carboxylic acids is 1. The predicted molar refractivity (Wildman–Crippen MR) is 103 cm³/mol. The molecule has 0 fully saturated rings. The highest BCUT2D eigenvalue weighted by Gasteiger charge is 2.09.